The Kier molecular flexibility index (Phi) is 10.7. The van der Waals surface area contributed by atoms with Crippen LogP contribution in [-0.2, 0) is 4.74 Å². The molecule has 0 radical (unpaired) electrons. The normalized spacial score (nSPS) is 11.9. The average Bonchev–Trinajstić information content (AvgIpc) is 2.08. The molecule has 0 bridgehead atoms. The molecule has 92 valence electrons. The van der Waals surface area contributed by atoms with Crippen molar-refractivity contribution in [3.63, 3.8) is 0 Å². The molecule has 0 amide bonds. The van der Waals surface area contributed by atoms with E-state index in [0.717, 1.165) is 25.5 Å². The minimum atomic E-state index is 0. The molecule has 2 N–H and O–H groups in total. The molecule has 4 nitrogen and oxygen atoms in total. The first-order valence-electron chi connectivity index (χ1n) is 4.97. The van der Waals surface area contributed by atoms with Gasteiger partial charge in [0.2, 0.25) is 0 Å². The predicted molar refractivity (Wildman–Crippen MR) is 76.2 cm³/mol. The van der Waals surface area contributed by atoms with Crippen molar-refractivity contribution >= 4 is 29.9 Å². The number of guanidine groups is 1. The summed E-state index contributed by atoms with van der Waals surface area (Å²) in [5, 5.41) is 6.50. The van der Waals surface area contributed by atoms with E-state index in [1.54, 1.807) is 14.2 Å². The van der Waals surface area contributed by atoms with Gasteiger partial charge in [-0.05, 0) is 27.2 Å². The van der Waals surface area contributed by atoms with Crippen LogP contribution in [0.5, 0.6) is 0 Å². The van der Waals surface area contributed by atoms with Crippen LogP contribution < -0.4 is 10.6 Å². The van der Waals surface area contributed by atoms with Gasteiger partial charge in [0.25, 0.3) is 0 Å². The largest absolute Gasteiger partial charge is 0.385 e. The maximum Gasteiger partial charge on any atom is 0.191 e. The Morgan fingerprint density at radius 2 is 1.93 bits per heavy atom. The second kappa shape index (κ2) is 9.21. The molecule has 15 heavy (non-hydrogen) atoms. The molecule has 0 aliphatic rings. The summed E-state index contributed by atoms with van der Waals surface area (Å²) < 4.78 is 4.96. The minimum absolute atomic E-state index is 0. The fourth-order valence-electron chi connectivity index (χ4n) is 0.958. The Morgan fingerprint density at radius 1 is 1.33 bits per heavy atom. The topological polar surface area (TPSA) is 45.7 Å². The van der Waals surface area contributed by atoms with Crippen LogP contribution in [0.3, 0.4) is 0 Å². The van der Waals surface area contributed by atoms with Crippen molar-refractivity contribution < 1.29 is 4.74 Å². The summed E-state index contributed by atoms with van der Waals surface area (Å²) in [6.07, 6.45) is 0.987. The van der Waals surface area contributed by atoms with Gasteiger partial charge < -0.3 is 15.4 Å². The van der Waals surface area contributed by atoms with E-state index in [4.69, 9.17) is 4.74 Å². The molecule has 0 aromatic heterocycles. The van der Waals surface area contributed by atoms with Gasteiger partial charge in [-0.15, -0.1) is 24.0 Å². The Bertz CT molecular complexity index is 178. The molecule has 0 aliphatic carbocycles. The van der Waals surface area contributed by atoms with E-state index in [1.807, 2.05) is 0 Å². The van der Waals surface area contributed by atoms with E-state index in [9.17, 15) is 0 Å². The van der Waals surface area contributed by atoms with Crippen LogP contribution >= 0.6 is 24.0 Å². The molecule has 0 rings (SSSR count). The van der Waals surface area contributed by atoms with E-state index in [-0.39, 0.29) is 29.5 Å². The third kappa shape index (κ3) is 11.9. The van der Waals surface area contributed by atoms with E-state index < -0.39 is 0 Å². The SMILES string of the molecule is CN=C(NCCCOC)NC(C)(C)C.I. The van der Waals surface area contributed by atoms with Gasteiger partial charge >= 0.3 is 0 Å². The summed E-state index contributed by atoms with van der Waals surface area (Å²) >= 11 is 0. The van der Waals surface area contributed by atoms with Gasteiger partial charge in [0, 0.05) is 32.8 Å². The van der Waals surface area contributed by atoms with Gasteiger partial charge in [-0.1, -0.05) is 0 Å². The van der Waals surface area contributed by atoms with Crippen molar-refractivity contribution in [2.24, 2.45) is 4.99 Å². The Hall–Kier alpha value is -0.0400. The van der Waals surface area contributed by atoms with Gasteiger partial charge in [0.05, 0.1) is 0 Å². The fraction of sp³-hybridized carbons (Fsp3) is 0.900. The lowest BCUT2D eigenvalue weighted by atomic mass is 10.1. The number of nitrogens with zero attached hydrogens (tertiary/aromatic N) is 1. The number of nitrogens with one attached hydrogen (secondary N) is 2. The van der Waals surface area contributed by atoms with Crippen LogP contribution in [0.25, 0.3) is 0 Å². The molecule has 0 aromatic carbocycles. The summed E-state index contributed by atoms with van der Waals surface area (Å²) in [5.74, 6) is 0.841. The zero-order valence-electron chi connectivity index (χ0n) is 10.4. The number of aliphatic imine (C=N–C) groups is 1. The number of hydrogen-bond donors (Lipinski definition) is 2. The Balaban J connectivity index is 0. The fourth-order valence-corrected chi connectivity index (χ4v) is 0.958. The first kappa shape index (κ1) is 17.4. The van der Waals surface area contributed by atoms with Gasteiger partial charge in [-0.25, -0.2) is 0 Å². The molecule has 0 fully saturated rings. The first-order chi connectivity index (χ1) is 6.49. The molecule has 0 heterocycles. The summed E-state index contributed by atoms with van der Waals surface area (Å²) in [7, 11) is 3.49. The second-order valence-corrected chi connectivity index (χ2v) is 4.22. The van der Waals surface area contributed by atoms with Gasteiger partial charge in [-0.2, -0.15) is 0 Å². The Morgan fingerprint density at radius 3 is 2.33 bits per heavy atom. The zero-order chi connectivity index (χ0) is 11.0. The van der Waals surface area contributed by atoms with Gasteiger partial charge in [-0.3, -0.25) is 4.99 Å². The third-order valence-electron chi connectivity index (χ3n) is 1.53. The van der Waals surface area contributed by atoms with E-state index in [0.29, 0.717) is 0 Å². The third-order valence-corrected chi connectivity index (χ3v) is 1.53. The van der Waals surface area contributed by atoms with Crippen LogP contribution in [0, 0.1) is 0 Å². The van der Waals surface area contributed by atoms with Crippen molar-refractivity contribution in [2.45, 2.75) is 32.7 Å². The maximum atomic E-state index is 4.96. The van der Waals surface area contributed by atoms with Crippen molar-refractivity contribution in [3.8, 4) is 0 Å². The summed E-state index contributed by atoms with van der Waals surface area (Å²) in [4.78, 5) is 4.12. The standard InChI is InChI=1S/C10H23N3O.HI/c1-10(2,3)13-9(11-4)12-7-6-8-14-5;/h6-8H2,1-5H3,(H2,11,12,13);1H. The van der Waals surface area contributed by atoms with Crippen molar-refractivity contribution in [2.75, 3.05) is 27.3 Å². The number of halogens is 1. The van der Waals surface area contributed by atoms with Crippen LogP contribution in [0.15, 0.2) is 4.99 Å². The summed E-state index contributed by atoms with van der Waals surface area (Å²) in [5.41, 5.74) is 0.0447. The van der Waals surface area contributed by atoms with E-state index >= 15 is 0 Å². The maximum absolute atomic E-state index is 4.96. The molecule has 0 saturated heterocycles. The lowest BCUT2D eigenvalue weighted by Gasteiger charge is -2.23. The highest BCUT2D eigenvalue weighted by Gasteiger charge is 2.10. The average molecular weight is 329 g/mol. The van der Waals surface area contributed by atoms with Crippen molar-refractivity contribution in [3.05, 3.63) is 0 Å². The monoisotopic (exact) mass is 329 g/mol. The smallest absolute Gasteiger partial charge is 0.191 e. The molecular formula is C10H24IN3O. The van der Waals surface area contributed by atoms with Crippen LogP contribution in [0.2, 0.25) is 0 Å². The molecule has 0 atom stereocenters. The highest BCUT2D eigenvalue weighted by molar-refractivity contribution is 14.0. The first-order valence-corrected chi connectivity index (χ1v) is 4.97. The summed E-state index contributed by atoms with van der Waals surface area (Å²) in [6, 6.07) is 0. The highest BCUT2D eigenvalue weighted by Crippen LogP contribution is 1.97. The molecule has 0 unspecified atom stereocenters. The van der Waals surface area contributed by atoms with Crippen molar-refractivity contribution in [1.82, 2.24) is 10.6 Å². The van der Waals surface area contributed by atoms with E-state index in [2.05, 4.69) is 36.4 Å². The zero-order valence-corrected chi connectivity index (χ0v) is 12.7. The molecular weight excluding hydrogens is 305 g/mol. The van der Waals surface area contributed by atoms with Gasteiger partial charge in [0.1, 0.15) is 0 Å². The van der Waals surface area contributed by atoms with Gasteiger partial charge in [0.15, 0.2) is 5.96 Å². The molecule has 0 aromatic rings. The second-order valence-electron chi connectivity index (χ2n) is 4.22. The van der Waals surface area contributed by atoms with Crippen LogP contribution in [-0.4, -0.2) is 38.8 Å². The quantitative estimate of drug-likeness (QED) is 0.356. The number of methoxy groups -OCH3 is 1. The van der Waals surface area contributed by atoms with Crippen LogP contribution in [0.4, 0.5) is 0 Å². The minimum Gasteiger partial charge on any atom is -0.385 e. The number of ether oxygens (including phenoxy) is 1. The van der Waals surface area contributed by atoms with Crippen LogP contribution in [0.1, 0.15) is 27.2 Å². The summed E-state index contributed by atoms with van der Waals surface area (Å²) in [6.45, 7) is 7.97. The molecule has 0 saturated carbocycles. The Labute approximate surface area is 110 Å². The molecule has 5 heteroatoms. The predicted octanol–water partition coefficient (Wildman–Crippen LogP) is 1.60. The number of rotatable bonds is 4. The molecule has 0 spiro atoms. The lowest BCUT2D eigenvalue weighted by molar-refractivity contribution is 0.195. The molecule has 0 aliphatic heterocycles. The lowest BCUT2D eigenvalue weighted by Crippen LogP contribution is -2.47. The van der Waals surface area contributed by atoms with E-state index in [1.165, 1.54) is 0 Å². The highest BCUT2D eigenvalue weighted by atomic mass is 127. The number of hydrogen-bond acceptors (Lipinski definition) is 2. The van der Waals surface area contributed by atoms with Crippen molar-refractivity contribution in [1.29, 1.82) is 0 Å².